The Bertz CT molecular complexity index is 619. The zero-order valence-corrected chi connectivity index (χ0v) is 27.9. The van der Waals surface area contributed by atoms with Gasteiger partial charge in [-0.3, -0.25) is 4.79 Å². The Hall–Kier alpha value is -1.36. The van der Waals surface area contributed by atoms with E-state index >= 15 is 0 Å². The highest BCUT2D eigenvalue weighted by molar-refractivity contribution is 5.88. The molecule has 1 N–H and O–H groups in total. The third-order valence-electron chi connectivity index (χ3n) is 7.94. The van der Waals surface area contributed by atoms with Crippen LogP contribution in [0.4, 0.5) is 0 Å². The Morgan fingerprint density at radius 3 is 1.63 bits per heavy atom. The van der Waals surface area contributed by atoms with Gasteiger partial charge < -0.3 is 14.8 Å². The highest BCUT2D eigenvalue weighted by Crippen LogP contribution is 2.20. The summed E-state index contributed by atoms with van der Waals surface area (Å²) in [7, 11) is 0. The average molecular weight is 580 g/mol. The second-order valence-corrected chi connectivity index (χ2v) is 11.9. The molecule has 0 aliphatic heterocycles. The minimum absolute atomic E-state index is 0.0316. The molecule has 0 aromatic heterocycles. The number of hydrogen-bond acceptors (Lipinski definition) is 5. The number of unbranched alkanes of at least 4 members (excludes halogenated alkanes) is 16. The number of carbonyl (C=O) groups excluding carboxylic acids is 2. The van der Waals surface area contributed by atoms with Crippen LogP contribution in [0.25, 0.3) is 0 Å². The van der Waals surface area contributed by atoms with Crippen molar-refractivity contribution in [3.63, 3.8) is 0 Å². The summed E-state index contributed by atoms with van der Waals surface area (Å²) < 4.78 is 11.2. The van der Waals surface area contributed by atoms with E-state index < -0.39 is 0 Å². The molecule has 0 bridgehead atoms. The van der Waals surface area contributed by atoms with Crippen molar-refractivity contribution in [3.8, 4) is 0 Å². The van der Waals surface area contributed by atoms with Crippen LogP contribution in [0.2, 0.25) is 0 Å². The van der Waals surface area contributed by atoms with Gasteiger partial charge in [-0.1, -0.05) is 143 Å². The van der Waals surface area contributed by atoms with Crippen molar-refractivity contribution in [1.82, 2.24) is 5.32 Å². The Labute approximate surface area is 255 Å². The summed E-state index contributed by atoms with van der Waals surface area (Å²) in [5, 5.41) is 3.26. The molecule has 0 amide bonds. The molecule has 0 aliphatic rings. The second-order valence-electron chi connectivity index (χ2n) is 11.9. The van der Waals surface area contributed by atoms with E-state index in [1.54, 1.807) is 0 Å². The zero-order chi connectivity index (χ0) is 30.2. The van der Waals surface area contributed by atoms with Crippen LogP contribution in [0.15, 0.2) is 11.6 Å². The van der Waals surface area contributed by atoms with Gasteiger partial charge >= 0.3 is 11.9 Å². The number of esters is 2. The second kappa shape index (κ2) is 31.6. The van der Waals surface area contributed by atoms with E-state index in [1.165, 1.54) is 96.3 Å². The number of ether oxygens (including phenoxy) is 2. The summed E-state index contributed by atoms with van der Waals surface area (Å²) in [4.78, 5) is 25.5. The van der Waals surface area contributed by atoms with Gasteiger partial charge in [0.25, 0.3) is 0 Å². The average Bonchev–Trinajstić information content (AvgIpc) is 2.97. The Kier molecular flexibility index (Phi) is 30.5. The minimum atomic E-state index is -0.163. The molecular weight excluding hydrogens is 510 g/mol. The quantitative estimate of drug-likeness (QED) is 0.0503. The molecule has 0 aromatic carbocycles. The first kappa shape index (κ1) is 39.6. The maximum atomic E-state index is 12.8. The number of rotatable bonds is 31. The lowest BCUT2D eigenvalue weighted by atomic mass is 9.94. The first-order valence-corrected chi connectivity index (χ1v) is 17.8. The fourth-order valence-electron chi connectivity index (χ4n) is 5.20. The summed E-state index contributed by atoms with van der Waals surface area (Å²) in [6.45, 7) is 10.8. The van der Waals surface area contributed by atoms with Crippen LogP contribution in [-0.4, -0.2) is 38.2 Å². The number of nitrogens with one attached hydrogen (secondary N) is 1. The van der Waals surface area contributed by atoms with Crippen LogP contribution >= 0.6 is 0 Å². The van der Waals surface area contributed by atoms with Crippen molar-refractivity contribution in [1.29, 1.82) is 0 Å². The molecule has 0 saturated carbocycles. The molecule has 5 nitrogen and oxygen atoms in total. The van der Waals surface area contributed by atoms with Crippen molar-refractivity contribution >= 4 is 11.9 Å². The lowest BCUT2D eigenvalue weighted by molar-refractivity contribution is -0.149. The molecule has 0 fully saturated rings. The molecule has 0 aromatic rings. The van der Waals surface area contributed by atoms with Crippen LogP contribution < -0.4 is 5.32 Å². The molecule has 242 valence electrons. The normalized spacial score (nSPS) is 12.4. The smallest absolute Gasteiger partial charge is 0.333 e. The Morgan fingerprint density at radius 1 is 0.585 bits per heavy atom. The summed E-state index contributed by atoms with van der Waals surface area (Å²) in [6.07, 6.45) is 28.9. The molecule has 0 rings (SSSR count). The molecule has 0 saturated heterocycles. The van der Waals surface area contributed by atoms with Crippen molar-refractivity contribution in [2.75, 3.05) is 26.3 Å². The van der Waals surface area contributed by atoms with E-state index in [9.17, 15) is 9.59 Å². The lowest BCUT2D eigenvalue weighted by Gasteiger charge is -2.16. The molecule has 0 aliphatic carbocycles. The molecule has 0 heterocycles. The predicted molar refractivity (Wildman–Crippen MR) is 175 cm³/mol. The van der Waals surface area contributed by atoms with E-state index in [2.05, 4.69) is 39.1 Å². The van der Waals surface area contributed by atoms with Gasteiger partial charge in [-0.25, -0.2) is 4.79 Å². The van der Waals surface area contributed by atoms with E-state index in [1.807, 2.05) is 0 Å². The molecule has 0 radical (unpaired) electrons. The van der Waals surface area contributed by atoms with E-state index in [0.29, 0.717) is 26.3 Å². The van der Waals surface area contributed by atoms with Gasteiger partial charge in [0.2, 0.25) is 0 Å². The standard InChI is InChI=1S/C36H69NO4/c1-5-9-13-17-19-23-27-33(25-21-15-11-7-3)35(38)40-31-29-37-30-32-41-36(39)34(26-22-16-12-8-4)28-24-20-18-14-10-6-2/h25,34,37H,5-24,26-32H2,1-4H3/b33-25+. The molecular formula is C36H69NO4. The van der Waals surface area contributed by atoms with E-state index in [4.69, 9.17) is 9.47 Å². The van der Waals surface area contributed by atoms with E-state index in [-0.39, 0.29) is 17.9 Å². The first-order valence-electron chi connectivity index (χ1n) is 17.8. The van der Waals surface area contributed by atoms with Gasteiger partial charge in [-0.2, -0.15) is 0 Å². The Balaban J connectivity index is 4.32. The van der Waals surface area contributed by atoms with Crippen molar-refractivity contribution in [3.05, 3.63) is 11.6 Å². The summed E-state index contributed by atoms with van der Waals surface area (Å²) in [6, 6.07) is 0. The highest BCUT2D eigenvalue weighted by Gasteiger charge is 2.19. The van der Waals surface area contributed by atoms with Gasteiger partial charge in [0.05, 0.1) is 5.92 Å². The van der Waals surface area contributed by atoms with E-state index in [0.717, 1.165) is 56.9 Å². The van der Waals surface area contributed by atoms with Gasteiger partial charge in [-0.05, 0) is 38.5 Å². The third-order valence-corrected chi connectivity index (χ3v) is 7.94. The molecule has 41 heavy (non-hydrogen) atoms. The first-order chi connectivity index (χ1) is 20.1. The largest absolute Gasteiger partial charge is 0.464 e. The van der Waals surface area contributed by atoms with Crippen molar-refractivity contribution in [2.45, 2.75) is 175 Å². The minimum Gasteiger partial charge on any atom is -0.464 e. The predicted octanol–water partition coefficient (Wildman–Crippen LogP) is 10.3. The van der Waals surface area contributed by atoms with Gasteiger partial charge in [0.15, 0.2) is 0 Å². The van der Waals surface area contributed by atoms with Crippen LogP contribution in [-0.2, 0) is 19.1 Å². The van der Waals surface area contributed by atoms with Crippen LogP contribution in [0, 0.1) is 5.92 Å². The van der Waals surface area contributed by atoms with Crippen molar-refractivity contribution < 1.29 is 19.1 Å². The lowest BCUT2D eigenvalue weighted by Crippen LogP contribution is -2.27. The number of hydrogen-bond donors (Lipinski definition) is 1. The fraction of sp³-hybridized carbons (Fsp3) is 0.889. The number of allylic oxidation sites excluding steroid dienone is 1. The van der Waals surface area contributed by atoms with Crippen LogP contribution in [0.1, 0.15) is 175 Å². The Morgan fingerprint density at radius 2 is 1.05 bits per heavy atom. The monoisotopic (exact) mass is 580 g/mol. The summed E-state index contributed by atoms with van der Waals surface area (Å²) in [5.41, 5.74) is 0.848. The summed E-state index contributed by atoms with van der Waals surface area (Å²) >= 11 is 0. The maximum Gasteiger partial charge on any atom is 0.333 e. The molecule has 1 unspecified atom stereocenters. The van der Waals surface area contributed by atoms with Gasteiger partial charge in [0.1, 0.15) is 13.2 Å². The molecule has 5 heteroatoms. The van der Waals surface area contributed by atoms with Crippen LogP contribution in [0.3, 0.4) is 0 Å². The topological polar surface area (TPSA) is 64.6 Å². The SMILES string of the molecule is CCCCC/C=C(\CCCCCCCC)C(=O)OCCNCCOC(=O)C(CCCCCC)CCCCCCCC. The number of carbonyl (C=O) groups is 2. The molecule has 1 atom stereocenters. The molecule has 0 spiro atoms. The third kappa shape index (κ3) is 26.0. The van der Waals surface area contributed by atoms with Crippen molar-refractivity contribution in [2.24, 2.45) is 5.92 Å². The fourth-order valence-corrected chi connectivity index (χ4v) is 5.20. The van der Waals surface area contributed by atoms with Gasteiger partial charge in [0, 0.05) is 18.7 Å². The summed E-state index contributed by atoms with van der Waals surface area (Å²) in [5.74, 6) is -0.159. The van der Waals surface area contributed by atoms with Gasteiger partial charge in [-0.15, -0.1) is 0 Å². The van der Waals surface area contributed by atoms with Crippen LogP contribution in [0.5, 0.6) is 0 Å². The maximum absolute atomic E-state index is 12.8. The zero-order valence-electron chi connectivity index (χ0n) is 27.9. The highest BCUT2D eigenvalue weighted by atomic mass is 16.5.